The van der Waals surface area contributed by atoms with Crippen molar-refractivity contribution >= 4 is 41.4 Å². The number of nitrogens with one attached hydrogen (secondary N) is 6. The summed E-state index contributed by atoms with van der Waals surface area (Å²) in [5.74, 6) is -3.82. The van der Waals surface area contributed by atoms with E-state index < -0.39 is 71.7 Å². The van der Waals surface area contributed by atoms with Crippen LogP contribution < -0.4 is 43.4 Å². The number of rotatable bonds is 38. The van der Waals surface area contributed by atoms with Crippen LogP contribution in [0.3, 0.4) is 0 Å². The Morgan fingerprint density at radius 3 is 1.36 bits per heavy atom. The molecule has 10 N–H and O–H groups in total. The highest BCUT2D eigenvalue weighted by Gasteiger charge is 2.33. The largest absolute Gasteiger partial charge is 0.368 e. The number of unbranched alkanes of at least 4 members (excludes halogenated alkanes) is 13. The molecule has 6 atom stereocenters. The van der Waals surface area contributed by atoms with Gasteiger partial charge in [-0.2, -0.15) is 0 Å². The molecule has 1 aromatic carbocycles. The lowest BCUT2D eigenvalue weighted by Gasteiger charge is -2.28. The van der Waals surface area contributed by atoms with Crippen molar-refractivity contribution in [3.63, 3.8) is 0 Å². The maximum absolute atomic E-state index is 14.0. The molecular weight excluding hydrogens is 849 g/mol. The van der Waals surface area contributed by atoms with E-state index in [4.69, 9.17) is 11.5 Å². The third-order valence-corrected chi connectivity index (χ3v) is 11.8. The molecule has 0 radical (unpaired) electrons. The van der Waals surface area contributed by atoms with Gasteiger partial charge in [-0.1, -0.05) is 156 Å². The highest BCUT2D eigenvalue weighted by Crippen LogP contribution is 2.15. The van der Waals surface area contributed by atoms with Crippen LogP contribution in [0.25, 0.3) is 0 Å². The van der Waals surface area contributed by atoms with E-state index in [0.717, 1.165) is 31.2 Å². The Morgan fingerprint density at radius 1 is 0.463 bits per heavy atom. The first kappa shape index (κ1) is 60.5. The molecule has 0 spiro atoms. The Kier molecular flexibility index (Phi) is 32.1. The van der Waals surface area contributed by atoms with E-state index in [-0.39, 0.29) is 49.3 Å². The van der Waals surface area contributed by atoms with Gasteiger partial charge < -0.3 is 43.4 Å². The van der Waals surface area contributed by atoms with Gasteiger partial charge in [0.1, 0.15) is 36.3 Å². The SMILES string of the molecule is CCCCCCCCCCCCCCCC(=O)N[C@@H](Cc1ccccc1)C(=O)N[C@@H](C)C(=O)N[C@@H](CC(C)C)C(=O)N[C@@H](CC(C)C)C(=O)N[C@@H](CCCCN)C(=O)N[C@@H](CC(C)C)C(N)=O. The maximum atomic E-state index is 14.0. The molecule has 1 aromatic rings. The fourth-order valence-corrected chi connectivity index (χ4v) is 8.01. The van der Waals surface area contributed by atoms with Crippen LogP contribution in [-0.2, 0) is 40.0 Å². The van der Waals surface area contributed by atoms with E-state index in [1.165, 1.54) is 64.7 Å². The summed E-state index contributed by atoms with van der Waals surface area (Å²) in [6, 6.07) is 3.26. The Labute approximate surface area is 403 Å². The van der Waals surface area contributed by atoms with E-state index in [1.54, 1.807) is 0 Å². The minimum Gasteiger partial charge on any atom is -0.368 e. The van der Waals surface area contributed by atoms with E-state index in [0.29, 0.717) is 32.2 Å². The monoisotopic (exact) mass is 941 g/mol. The molecule has 15 heteroatoms. The van der Waals surface area contributed by atoms with Gasteiger partial charge in [-0.15, -0.1) is 0 Å². The molecular formula is C52H92N8O7. The quantitative estimate of drug-likeness (QED) is 0.0345. The van der Waals surface area contributed by atoms with Crippen molar-refractivity contribution in [1.29, 1.82) is 0 Å². The second-order valence-electron chi connectivity index (χ2n) is 19.9. The van der Waals surface area contributed by atoms with Crippen molar-refractivity contribution in [2.24, 2.45) is 29.2 Å². The Morgan fingerprint density at radius 2 is 0.881 bits per heavy atom. The summed E-state index contributed by atoms with van der Waals surface area (Å²) in [4.78, 5) is 94.2. The van der Waals surface area contributed by atoms with Crippen molar-refractivity contribution < 1.29 is 33.6 Å². The summed E-state index contributed by atoms with van der Waals surface area (Å²) in [5, 5.41) is 16.8. The van der Waals surface area contributed by atoms with Gasteiger partial charge in [-0.25, -0.2) is 0 Å². The average Bonchev–Trinajstić information content (AvgIpc) is 3.26. The number of hydrogen-bond donors (Lipinski definition) is 8. The number of carbonyl (C=O) groups is 7. The van der Waals surface area contributed by atoms with Crippen molar-refractivity contribution in [2.45, 2.75) is 226 Å². The molecule has 7 amide bonds. The van der Waals surface area contributed by atoms with Crippen LogP contribution in [0, 0.1) is 17.8 Å². The second-order valence-corrected chi connectivity index (χ2v) is 19.9. The van der Waals surface area contributed by atoms with Gasteiger partial charge in [0.2, 0.25) is 41.4 Å². The van der Waals surface area contributed by atoms with Gasteiger partial charge in [-0.3, -0.25) is 33.6 Å². The van der Waals surface area contributed by atoms with Crippen LogP contribution in [0.1, 0.15) is 189 Å². The molecule has 0 saturated heterocycles. The van der Waals surface area contributed by atoms with Gasteiger partial charge in [0.05, 0.1) is 0 Å². The lowest BCUT2D eigenvalue weighted by molar-refractivity contribution is -0.135. The summed E-state index contributed by atoms with van der Waals surface area (Å²) in [7, 11) is 0. The van der Waals surface area contributed by atoms with E-state index in [1.807, 2.05) is 71.9 Å². The van der Waals surface area contributed by atoms with Gasteiger partial charge in [-0.05, 0) is 81.7 Å². The van der Waals surface area contributed by atoms with Crippen molar-refractivity contribution in [3.05, 3.63) is 35.9 Å². The fourth-order valence-electron chi connectivity index (χ4n) is 8.01. The summed E-state index contributed by atoms with van der Waals surface area (Å²) in [5.41, 5.74) is 12.1. The van der Waals surface area contributed by atoms with Crippen LogP contribution >= 0.6 is 0 Å². The lowest BCUT2D eigenvalue weighted by Crippen LogP contribution is -2.59. The summed E-state index contributed by atoms with van der Waals surface area (Å²) in [6.07, 6.45) is 18.3. The molecule has 0 fully saturated rings. The predicted octanol–water partition coefficient (Wildman–Crippen LogP) is 6.39. The fraction of sp³-hybridized carbons (Fsp3) is 0.750. The number of primary amides is 1. The summed E-state index contributed by atoms with van der Waals surface area (Å²) < 4.78 is 0. The minimum atomic E-state index is -1.08. The molecule has 0 heterocycles. The third-order valence-electron chi connectivity index (χ3n) is 11.8. The Bertz CT molecular complexity index is 1590. The zero-order valence-corrected chi connectivity index (χ0v) is 42.7. The zero-order chi connectivity index (χ0) is 50.1. The number of amides is 7. The first-order valence-corrected chi connectivity index (χ1v) is 25.7. The number of nitrogens with two attached hydrogens (primary N) is 2. The summed E-state index contributed by atoms with van der Waals surface area (Å²) in [6.45, 7) is 15.5. The van der Waals surface area contributed by atoms with Gasteiger partial charge in [0, 0.05) is 12.8 Å². The minimum absolute atomic E-state index is 0.0432. The standard InChI is InChI=1S/C52H92N8O7/c1-9-10-11-12-13-14-15-16-17-18-19-20-24-30-46(61)56-45(35-40-27-22-21-23-28-40)50(65)55-39(8)48(63)59-43(33-37(4)5)52(67)60-44(34-38(6)7)51(66)57-41(29-25-26-31-53)49(64)58-42(47(54)62)32-36(2)3/h21-23,27-28,36-39,41-45H,9-20,24-26,29-35,53H2,1-8H3,(H2,54,62)(H,55,65)(H,56,61)(H,57,66)(H,58,64)(H,59,63)(H,60,67)/t39-,41-,42-,43-,44-,45-/m0/s1. The molecule has 0 aliphatic rings. The Hall–Kier alpha value is -4.53. The lowest BCUT2D eigenvalue weighted by atomic mass is 9.99. The highest BCUT2D eigenvalue weighted by atomic mass is 16.2. The number of benzene rings is 1. The molecule has 0 aromatic heterocycles. The molecule has 0 saturated carbocycles. The van der Waals surface area contributed by atoms with E-state index in [9.17, 15) is 33.6 Å². The molecule has 0 unspecified atom stereocenters. The normalized spacial score (nSPS) is 14.1. The molecule has 0 bridgehead atoms. The molecule has 0 aliphatic heterocycles. The van der Waals surface area contributed by atoms with E-state index >= 15 is 0 Å². The van der Waals surface area contributed by atoms with Gasteiger partial charge >= 0.3 is 0 Å². The molecule has 382 valence electrons. The first-order chi connectivity index (χ1) is 31.9. The molecule has 67 heavy (non-hydrogen) atoms. The second kappa shape index (κ2) is 35.6. The Balaban J connectivity index is 3.00. The van der Waals surface area contributed by atoms with Crippen LogP contribution in [0.4, 0.5) is 0 Å². The van der Waals surface area contributed by atoms with Crippen LogP contribution in [0.2, 0.25) is 0 Å². The predicted molar refractivity (Wildman–Crippen MR) is 268 cm³/mol. The van der Waals surface area contributed by atoms with Crippen molar-refractivity contribution in [2.75, 3.05) is 6.54 Å². The van der Waals surface area contributed by atoms with Crippen LogP contribution in [0.15, 0.2) is 30.3 Å². The zero-order valence-electron chi connectivity index (χ0n) is 42.7. The summed E-state index contributed by atoms with van der Waals surface area (Å²) >= 11 is 0. The van der Waals surface area contributed by atoms with Crippen molar-refractivity contribution in [3.8, 4) is 0 Å². The number of carbonyl (C=O) groups excluding carboxylic acids is 7. The first-order valence-electron chi connectivity index (χ1n) is 25.7. The molecule has 1 rings (SSSR count). The smallest absolute Gasteiger partial charge is 0.243 e. The van der Waals surface area contributed by atoms with Gasteiger partial charge in [0.15, 0.2) is 0 Å². The highest BCUT2D eigenvalue weighted by molar-refractivity contribution is 5.97. The van der Waals surface area contributed by atoms with Crippen molar-refractivity contribution in [1.82, 2.24) is 31.9 Å². The topological polar surface area (TPSA) is 244 Å². The molecule has 0 aliphatic carbocycles. The number of hydrogen-bond acceptors (Lipinski definition) is 8. The molecule has 15 nitrogen and oxygen atoms in total. The maximum Gasteiger partial charge on any atom is 0.243 e. The van der Waals surface area contributed by atoms with E-state index in [2.05, 4.69) is 38.8 Å². The average molecular weight is 941 g/mol. The van der Waals surface area contributed by atoms with Crippen LogP contribution in [-0.4, -0.2) is 84.1 Å². The van der Waals surface area contributed by atoms with Gasteiger partial charge in [0.25, 0.3) is 0 Å². The third kappa shape index (κ3) is 28.4. The van der Waals surface area contributed by atoms with Crippen LogP contribution in [0.5, 0.6) is 0 Å².